The molecule has 2 aliphatic rings. The Labute approximate surface area is 118 Å². The zero-order valence-electron chi connectivity index (χ0n) is 12.9. The summed E-state index contributed by atoms with van der Waals surface area (Å²) in [5.41, 5.74) is 0. The summed E-state index contributed by atoms with van der Waals surface area (Å²) in [7, 11) is 1.81. The van der Waals surface area contributed by atoms with Crippen molar-refractivity contribution in [2.24, 2.45) is 5.92 Å². The second-order valence-electron chi connectivity index (χ2n) is 6.45. The van der Waals surface area contributed by atoms with Gasteiger partial charge in [-0.15, -0.1) is 0 Å². The number of hydrogen-bond acceptors (Lipinski definition) is 4. The molecule has 1 aliphatic heterocycles. The Balaban J connectivity index is 1.71. The number of ether oxygens (including phenoxy) is 1. The van der Waals surface area contributed by atoms with Crippen molar-refractivity contribution in [3.8, 4) is 0 Å². The second kappa shape index (κ2) is 7.58. The quantitative estimate of drug-likeness (QED) is 0.712. The zero-order valence-corrected chi connectivity index (χ0v) is 12.9. The summed E-state index contributed by atoms with van der Waals surface area (Å²) in [5.74, 6) is 1.02. The molecule has 19 heavy (non-hydrogen) atoms. The lowest BCUT2D eigenvalue weighted by molar-refractivity contribution is 0.0475. The van der Waals surface area contributed by atoms with Crippen LogP contribution in [0.3, 0.4) is 0 Å². The maximum Gasteiger partial charge on any atom is 0.0630 e. The third-order valence-electron chi connectivity index (χ3n) is 4.26. The number of hydrogen-bond donors (Lipinski definition) is 1. The third kappa shape index (κ3) is 5.38. The second-order valence-corrected chi connectivity index (χ2v) is 6.45. The number of methoxy groups -OCH3 is 1. The summed E-state index contributed by atoms with van der Waals surface area (Å²) >= 11 is 0. The average molecular weight is 269 g/mol. The molecule has 2 rings (SSSR count). The van der Waals surface area contributed by atoms with Crippen LogP contribution in [0.1, 0.15) is 26.7 Å². The maximum atomic E-state index is 5.40. The van der Waals surface area contributed by atoms with Gasteiger partial charge in [-0.2, -0.15) is 0 Å². The van der Waals surface area contributed by atoms with Crippen molar-refractivity contribution < 1.29 is 4.74 Å². The van der Waals surface area contributed by atoms with Gasteiger partial charge in [0.1, 0.15) is 0 Å². The number of nitrogens with zero attached hydrogens (tertiary/aromatic N) is 2. The molecule has 0 bridgehead atoms. The molecule has 0 radical (unpaired) electrons. The molecule has 1 atom stereocenters. The summed E-state index contributed by atoms with van der Waals surface area (Å²) in [4.78, 5) is 5.25. The summed E-state index contributed by atoms with van der Waals surface area (Å²) in [5, 5.41) is 3.55. The third-order valence-corrected chi connectivity index (χ3v) is 4.26. The van der Waals surface area contributed by atoms with Crippen molar-refractivity contribution >= 4 is 0 Å². The van der Waals surface area contributed by atoms with E-state index in [0.717, 1.165) is 19.1 Å². The molecule has 0 spiro atoms. The molecule has 1 unspecified atom stereocenters. The highest BCUT2D eigenvalue weighted by atomic mass is 16.5. The van der Waals surface area contributed by atoms with Crippen molar-refractivity contribution in [3.05, 3.63) is 0 Å². The minimum atomic E-state index is 0.524. The van der Waals surface area contributed by atoms with Gasteiger partial charge < -0.3 is 15.0 Å². The molecule has 1 heterocycles. The van der Waals surface area contributed by atoms with Gasteiger partial charge in [-0.05, 0) is 18.8 Å². The van der Waals surface area contributed by atoms with Crippen LogP contribution in [0.15, 0.2) is 0 Å². The Morgan fingerprint density at radius 3 is 2.37 bits per heavy atom. The van der Waals surface area contributed by atoms with Crippen LogP contribution in [0.25, 0.3) is 0 Å². The molecule has 1 aliphatic carbocycles. The first kappa shape index (κ1) is 15.2. The van der Waals surface area contributed by atoms with E-state index in [0.29, 0.717) is 12.1 Å². The van der Waals surface area contributed by atoms with Crippen LogP contribution in [0.4, 0.5) is 0 Å². The van der Waals surface area contributed by atoms with Crippen LogP contribution in [0.2, 0.25) is 0 Å². The average Bonchev–Trinajstić information content (AvgIpc) is 3.19. The predicted molar refractivity (Wildman–Crippen MR) is 79.5 cm³/mol. The number of rotatable bonds is 8. The Kier molecular flexibility index (Phi) is 6.07. The highest BCUT2D eigenvalue weighted by Gasteiger charge is 2.28. The van der Waals surface area contributed by atoms with E-state index in [4.69, 9.17) is 4.74 Å². The monoisotopic (exact) mass is 269 g/mol. The molecule has 0 amide bonds. The SMILES string of the molecule is COCC(CNC(C)C)N1CCN(CC2CC2)CC1. The van der Waals surface area contributed by atoms with Gasteiger partial charge in [0, 0.05) is 58.5 Å². The van der Waals surface area contributed by atoms with Gasteiger partial charge in [0.05, 0.1) is 6.61 Å². The van der Waals surface area contributed by atoms with Crippen molar-refractivity contribution in [3.63, 3.8) is 0 Å². The first-order valence-corrected chi connectivity index (χ1v) is 7.87. The Bertz CT molecular complexity index is 248. The first-order chi connectivity index (χ1) is 9.19. The minimum absolute atomic E-state index is 0.524. The lowest BCUT2D eigenvalue weighted by atomic mass is 10.2. The molecule has 0 aromatic rings. The summed E-state index contributed by atoms with van der Waals surface area (Å²) in [6, 6.07) is 1.07. The molecule has 1 N–H and O–H groups in total. The maximum absolute atomic E-state index is 5.40. The molecule has 4 nitrogen and oxygen atoms in total. The van der Waals surface area contributed by atoms with Gasteiger partial charge in [-0.25, -0.2) is 0 Å². The fraction of sp³-hybridized carbons (Fsp3) is 1.00. The predicted octanol–water partition coefficient (Wildman–Crippen LogP) is 1.03. The van der Waals surface area contributed by atoms with Crippen molar-refractivity contribution in [2.75, 3.05) is 53.0 Å². The fourth-order valence-corrected chi connectivity index (χ4v) is 2.83. The first-order valence-electron chi connectivity index (χ1n) is 7.87. The summed E-state index contributed by atoms with van der Waals surface area (Å²) in [6.07, 6.45) is 2.93. The van der Waals surface area contributed by atoms with Crippen LogP contribution in [-0.2, 0) is 4.74 Å². The smallest absolute Gasteiger partial charge is 0.0630 e. The molecule has 0 aromatic heterocycles. The highest BCUT2D eigenvalue weighted by molar-refractivity contribution is 4.84. The van der Waals surface area contributed by atoms with E-state index in [-0.39, 0.29) is 0 Å². The molecule has 2 fully saturated rings. The van der Waals surface area contributed by atoms with E-state index in [1.165, 1.54) is 45.6 Å². The zero-order chi connectivity index (χ0) is 13.7. The van der Waals surface area contributed by atoms with Gasteiger partial charge >= 0.3 is 0 Å². The van der Waals surface area contributed by atoms with Gasteiger partial charge in [-0.3, -0.25) is 4.90 Å². The van der Waals surface area contributed by atoms with E-state index >= 15 is 0 Å². The summed E-state index contributed by atoms with van der Waals surface area (Å²) in [6.45, 7) is 12.5. The topological polar surface area (TPSA) is 27.7 Å². The Morgan fingerprint density at radius 1 is 1.16 bits per heavy atom. The molecule has 4 heteroatoms. The Morgan fingerprint density at radius 2 is 1.84 bits per heavy atom. The van der Waals surface area contributed by atoms with Gasteiger partial charge in [0.25, 0.3) is 0 Å². The standard InChI is InChI=1S/C15H31N3O/c1-13(2)16-10-15(12-19-3)18-8-6-17(7-9-18)11-14-4-5-14/h13-16H,4-12H2,1-3H3. The van der Waals surface area contributed by atoms with Gasteiger partial charge in [-0.1, -0.05) is 13.8 Å². The molecule has 112 valence electrons. The summed E-state index contributed by atoms with van der Waals surface area (Å²) < 4.78 is 5.40. The van der Waals surface area contributed by atoms with Crippen LogP contribution in [0.5, 0.6) is 0 Å². The normalized spacial score (nSPS) is 24.0. The minimum Gasteiger partial charge on any atom is -0.383 e. The lowest BCUT2D eigenvalue weighted by Crippen LogP contribution is -2.55. The van der Waals surface area contributed by atoms with Crippen molar-refractivity contribution in [1.82, 2.24) is 15.1 Å². The van der Waals surface area contributed by atoms with Crippen LogP contribution >= 0.6 is 0 Å². The van der Waals surface area contributed by atoms with E-state index in [1.807, 2.05) is 7.11 Å². The van der Waals surface area contributed by atoms with E-state index in [1.54, 1.807) is 0 Å². The molecule has 1 saturated carbocycles. The lowest BCUT2D eigenvalue weighted by Gasteiger charge is -2.39. The highest BCUT2D eigenvalue weighted by Crippen LogP contribution is 2.29. The fourth-order valence-electron chi connectivity index (χ4n) is 2.83. The van der Waals surface area contributed by atoms with Crippen LogP contribution < -0.4 is 5.32 Å². The van der Waals surface area contributed by atoms with Crippen molar-refractivity contribution in [1.29, 1.82) is 0 Å². The molecule has 0 aromatic carbocycles. The Hall–Kier alpha value is -0.160. The number of nitrogens with one attached hydrogen (secondary N) is 1. The van der Waals surface area contributed by atoms with Gasteiger partial charge in [0.2, 0.25) is 0 Å². The molecular weight excluding hydrogens is 238 g/mol. The van der Waals surface area contributed by atoms with Crippen LogP contribution in [-0.4, -0.2) is 74.9 Å². The van der Waals surface area contributed by atoms with E-state index < -0.39 is 0 Å². The van der Waals surface area contributed by atoms with Gasteiger partial charge in [0.15, 0.2) is 0 Å². The van der Waals surface area contributed by atoms with Crippen LogP contribution in [0, 0.1) is 5.92 Å². The molecular formula is C15H31N3O. The molecule has 1 saturated heterocycles. The van der Waals surface area contributed by atoms with Crippen molar-refractivity contribution in [2.45, 2.75) is 38.8 Å². The van der Waals surface area contributed by atoms with E-state index in [2.05, 4.69) is 29.0 Å². The number of piperazine rings is 1. The largest absolute Gasteiger partial charge is 0.383 e. The van der Waals surface area contributed by atoms with E-state index in [9.17, 15) is 0 Å².